The number of rotatable bonds is 2. The number of epoxide rings is 1. The zero-order valence-electron chi connectivity index (χ0n) is 22.3. The van der Waals surface area contributed by atoms with Gasteiger partial charge in [-0.2, -0.15) is 0 Å². The van der Waals surface area contributed by atoms with Gasteiger partial charge >= 0.3 is 5.97 Å². The summed E-state index contributed by atoms with van der Waals surface area (Å²) >= 11 is 0. The van der Waals surface area contributed by atoms with Gasteiger partial charge in [0.1, 0.15) is 34.8 Å². The fourth-order valence-electron chi connectivity index (χ4n) is 9.95. The standard InChI is InChI=1S/C28H40O9/c1-23-9-8-15-13(10-19-28(37-19)21(31)16(29)11-18(30)25(15,28)3)14(23)6-7-17(23)26(4,34)20-12-24(2,33)27(5,35)22(32)36-20/h13-15,17,19-21,31,33-35H,6-12H2,1-5H3/t13-,14-,15-,17?,19+,20-,21-,23-,24-,25-,26+,27-,28-/m0/s1. The van der Waals surface area contributed by atoms with Crippen LogP contribution in [0.2, 0.25) is 0 Å². The number of hydrogen-bond donors (Lipinski definition) is 4. The third-order valence-electron chi connectivity index (χ3n) is 12.5. The summed E-state index contributed by atoms with van der Waals surface area (Å²) in [6.07, 6.45) is 0.738. The van der Waals surface area contributed by atoms with Gasteiger partial charge in [-0.05, 0) is 88.9 Å². The first-order valence-corrected chi connectivity index (χ1v) is 13.8. The lowest BCUT2D eigenvalue weighted by atomic mass is 9.43. The third-order valence-corrected chi connectivity index (χ3v) is 12.5. The maximum absolute atomic E-state index is 13.4. The van der Waals surface area contributed by atoms with Gasteiger partial charge < -0.3 is 29.9 Å². The summed E-state index contributed by atoms with van der Waals surface area (Å²) in [4.78, 5) is 38.4. The summed E-state index contributed by atoms with van der Waals surface area (Å²) in [5.74, 6) is -1.43. The molecule has 0 aromatic heterocycles. The van der Waals surface area contributed by atoms with Crippen LogP contribution in [-0.2, 0) is 23.9 Å². The topological polar surface area (TPSA) is 154 Å². The summed E-state index contributed by atoms with van der Waals surface area (Å²) < 4.78 is 11.7. The lowest BCUT2D eigenvalue weighted by Crippen LogP contribution is -2.68. The molecular formula is C28H40O9. The molecule has 9 nitrogen and oxygen atoms in total. The molecule has 6 rings (SSSR count). The molecule has 13 atom stereocenters. The van der Waals surface area contributed by atoms with Gasteiger partial charge in [-0.1, -0.05) is 6.92 Å². The highest BCUT2D eigenvalue weighted by Crippen LogP contribution is 2.73. The van der Waals surface area contributed by atoms with Gasteiger partial charge in [-0.25, -0.2) is 4.79 Å². The molecule has 1 unspecified atom stereocenters. The van der Waals surface area contributed by atoms with Gasteiger partial charge in [0.05, 0.1) is 17.9 Å². The van der Waals surface area contributed by atoms with Gasteiger partial charge in [0.2, 0.25) is 0 Å². The van der Waals surface area contributed by atoms with E-state index in [9.17, 15) is 34.8 Å². The number of aliphatic hydroxyl groups is 4. The van der Waals surface area contributed by atoms with E-state index in [1.54, 1.807) is 6.92 Å². The van der Waals surface area contributed by atoms with E-state index in [0.29, 0.717) is 19.3 Å². The lowest BCUT2D eigenvalue weighted by Gasteiger charge is -2.59. The molecule has 6 fully saturated rings. The molecule has 4 aliphatic carbocycles. The van der Waals surface area contributed by atoms with Crippen molar-refractivity contribution in [2.24, 2.45) is 34.5 Å². The van der Waals surface area contributed by atoms with E-state index in [0.717, 1.165) is 12.8 Å². The van der Waals surface area contributed by atoms with Crippen molar-refractivity contribution in [1.82, 2.24) is 0 Å². The zero-order valence-corrected chi connectivity index (χ0v) is 22.3. The number of ether oxygens (including phenoxy) is 2. The van der Waals surface area contributed by atoms with Crippen molar-refractivity contribution in [3.8, 4) is 0 Å². The van der Waals surface area contributed by atoms with Crippen molar-refractivity contribution in [3.05, 3.63) is 0 Å². The second-order valence-electron chi connectivity index (χ2n) is 14.0. The highest BCUT2D eigenvalue weighted by molar-refractivity contribution is 6.08. The Morgan fingerprint density at radius 2 is 1.68 bits per heavy atom. The van der Waals surface area contributed by atoms with Crippen LogP contribution in [0.4, 0.5) is 0 Å². The predicted octanol–water partition coefficient (Wildman–Crippen LogP) is 1.06. The molecule has 2 saturated heterocycles. The van der Waals surface area contributed by atoms with Crippen LogP contribution in [0.15, 0.2) is 0 Å². The molecule has 4 N–H and O–H groups in total. The third kappa shape index (κ3) is 2.85. The Morgan fingerprint density at radius 3 is 2.32 bits per heavy atom. The molecule has 0 aromatic rings. The summed E-state index contributed by atoms with van der Waals surface area (Å²) in [5, 5.41) is 44.2. The van der Waals surface area contributed by atoms with Crippen LogP contribution in [0.25, 0.3) is 0 Å². The quantitative estimate of drug-likeness (QED) is 0.238. The van der Waals surface area contributed by atoms with Crippen molar-refractivity contribution < 1.29 is 44.3 Å². The van der Waals surface area contributed by atoms with Crippen molar-refractivity contribution in [3.63, 3.8) is 0 Å². The van der Waals surface area contributed by atoms with Crippen LogP contribution in [0.5, 0.6) is 0 Å². The summed E-state index contributed by atoms with van der Waals surface area (Å²) in [5.41, 5.74) is -7.57. The van der Waals surface area contributed by atoms with E-state index >= 15 is 0 Å². The van der Waals surface area contributed by atoms with Gasteiger partial charge in [-0.3, -0.25) is 9.59 Å². The number of aliphatic hydroxyl groups excluding tert-OH is 1. The molecule has 2 aliphatic heterocycles. The van der Waals surface area contributed by atoms with Crippen molar-refractivity contribution in [2.75, 3.05) is 0 Å². The fourth-order valence-corrected chi connectivity index (χ4v) is 9.95. The number of fused-ring (bicyclic) bond motifs is 4. The molecule has 6 aliphatic rings. The number of cyclic esters (lactones) is 1. The summed E-state index contributed by atoms with van der Waals surface area (Å²) in [6.45, 7) is 8.37. The van der Waals surface area contributed by atoms with E-state index in [1.165, 1.54) is 13.8 Å². The second-order valence-corrected chi connectivity index (χ2v) is 14.0. The Kier molecular flexibility index (Phi) is 5.04. The Bertz CT molecular complexity index is 1080. The molecule has 206 valence electrons. The highest BCUT2D eigenvalue weighted by Gasteiger charge is 2.82. The van der Waals surface area contributed by atoms with Crippen molar-refractivity contribution in [2.45, 2.75) is 120 Å². The first kappa shape index (κ1) is 25.9. The molecule has 0 bridgehead atoms. The average molecular weight is 521 g/mol. The van der Waals surface area contributed by atoms with Crippen LogP contribution in [-0.4, -0.2) is 78.7 Å². The molecule has 4 saturated carbocycles. The minimum Gasteiger partial charge on any atom is -0.457 e. The average Bonchev–Trinajstić information content (AvgIpc) is 3.42. The van der Waals surface area contributed by atoms with Crippen molar-refractivity contribution in [1.29, 1.82) is 0 Å². The summed E-state index contributed by atoms with van der Waals surface area (Å²) in [6, 6.07) is 0. The van der Waals surface area contributed by atoms with Crippen LogP contribution >= 0.6 is 0 Å². The summed E-state index contributed by atoms with van der Waals surface area (Å²) in [7, 11) is 0. The number of carbonyl (C=O) groups is 3. The minimum absolute atomic E-state index is 0.0217. The number of Topliss-reactive ketones (excluding diaryl/α,β-unsaturated/α-hetero) is 2. The molecular weight excluding hydrogens is 480 g/mol. The SMILES string of the molecule is C[C@]1(O)C[C@@H]([C@](C)(O)C2CC[C@H]3[C@@H]4C[C@H]5O[C@]56[C@@H](O)C(=O)CC(=O)[C@]6(C)[C@H]4CC[C@]23C)OC(=O)[C@]1(C)O. The largest absolute Gasteiger partial charge is 0.457 e. The normalized spacial score (nSPS) is 58.4. The van der Waals surface area contributed by atoms with Crippen molar-refractivity contribution >= 4 is 17.5 Å². The second kappa shape index (κ2) is 7.22. The van der Waals surface area contributed by atoms with Crippen LogP contribution in [0, 0.1) is 34.5 Å². The van der Waals surface area contributed by atoms with Gasteiger partial charge in [0.25, 0.3) is 0 Å². The monoisotopic (exact) mass is 520 g/mol. The van der Waals surface area contributed by atoms with E-state index in [-0.39, 0.29) is 53.8 Å². The molecule has 0 aromatic carbocycles. The Labute approximate surface area is 216 Å². The number of ketones is 2. The smallest absolute Gasteiger partial charge is 0.341 e. The van der Waals surface area contributed by atoms with E-state index in [1.807, 2.05) is 6.92 Å². The van der Waals surface area contributed by atoms with E-state index < -0.39 is 51.8 Å². The predicted molar refractivity (Wildman–Crippen MR) is 128 cm³/mol. The van der Waals surface area contributed by atoms with Crippen LogP contribution < -0.4 is 0 Å². The number of hydrogen-bond acceptors (Lipinski definition) is 9. The first-order valence-electron chi connectivity index (χ1n) is 13.8. The number of esters is 1. The molecule has 9 heteroatoms. The maximum Gasteiger partial charge on any atom is 0.341 e. The van der Waals surface area contributed by atoms with E-state index in [2.05, 4.69) is 6.92 Å². The lowest BCUT2D eigenvalue weighted by molar-refractivity contribution is -0.251. The number of carbonyl (C=O) groups excluding carboxylic acids is 3. The fraction of sp³-hybridized carbons (Fsp3) is 0.893. The van der Waals surface area contributed by atoms with Gasteiger partial charge in [0, 0.05) is 6.42 Å². The molecule has 2 heterocycles. The Hall–Kier alpha value is -1.39. The first-order chi connectivity index (χ1) is 17.0. The van der Waals surface area contributed by atoms with E-state index in [4.69, 9.17) is 9.47 Å². The van der Waals surface area contributed by atoms with Crippen LogP contribution in [0.3, 0.4) is 0 Å². The molecule has 37 heavy (non-hydrogen) atoms. The van der Waals surface area contributed by atoms with Gasteiger partial charge in [0.15, 0.2) is 11.4 Å². The highest BCUT2D eigenvalue weighted by atomic mass is 16.6. The molecule has 0 radical (unpaired) electrons. The zero-order chi connectivity index (χ0) is 27.1. The molecule has 0 amide bonds. The van der Waals surface area contributed by atoms with Crippen LogP contribution in [0.1, 0.15) is 79.6 Å². The minimum atomic E-state index is -2.06. The van der Waals surface area contributed by atoms with Gasteiger partial charge in [-0.15, -0.1) is 0 Å². The molecule has 1 spiro atoms. The Balaban J connectivity index is 1.30. The Morgan fingerprint density at radius 1 is 1.00 bits per heavy atom. The maximum atomic E-state index is 13.4.